The number of esters is 1. The van der Waals surface area contributed by atoms with E-state index in [0.29, 0.717) is 32.2 Å². The summed E-state index contributed by atoms with van der Waals surface area (Å²) in [4.78, 5) is 11.3. The van der Waals surface area contributed by atoms with E-state index in [2.05, 4.69) is 16.9 Å². The molecule has 2 aliphatic rings. The van der Waals surface area contributed by atoms with Crippen molar-refractivity contribution < 1.29 is 28.5 Å². The van der Waals surface area contributed by atoms with Crippen molar-refractivity contribution in [2.45, 2.75) is 69.9 Å². The van der Waals surface area contributed by atoms with Crippen molar-refractivity contribution in [1.82, 2.24) is 0 Å². The van der Waals surface area contributed by atoms with Crippen LogP contribution in [0.4, 0.5) is 0 Å². The molecule has 6 nitrogen and oxygen atoms in total. The topological polar surface area (TPSA) is 63.2 Å². The Bertz CT molecular complexity index is 697. The van der Waals surface area contributed by atoms with E-state index in [1.165, 1.54) is 26.4 Å². The van der Waals surface area contributed by atoms with E-state index >= 15 is 0 Å². The minimum atomic E-state index is -0.378. The molecule has 0 radical (unpaired) electrons. The van der Waals surface area contributed by atoms with Crippen LogP contribution in [-0.4, -0.2) is 45.8 Å². The van der Waals surface area contributed by atoms with Gasteiger partial charge in [-0.1, -0.05) is 49.6 Å². The van der Waals surface area contributed by atoms with E-state index in [-0.39, 0.29) is 24.3 Å². The van der Waals surface area contributed by atoms with Crippen LogP contribution in [0.2, 0.25) is 0 Å². The molecule has 0 amide bonds. The summed E-state index contributed by atoms with van der Waals surface area (Å²) in [5, 5.41) is 0. The van der Waals surface area contributed by atoms with Crippen LogP contribution >= 0.6 is 0 Å². The normalized spacial score (nSPS) is 24.9. The summed E-state index contributed by atoms with van der Waals surface area (Å²) in [6.07, 6.45) is 11.8. The molecule has 1 saturated carbocycles. The lowest BCUT2D eigenvalue weighted by Crippen LogP contribution is -2.38. The Morgan fingerprint density at radius 2 is 1.94 bits per heavy atom. The molecule has 3 unspecified atom stereocenters. The van der Waals surface area contributed by atoms with Gasteiger partial charge < -0.3 is 23.7 Å². The molecular weight excluding hydrogens is 396 g/mol. The molecule has 1 heterocycles. The lowest BCUT2D eigenvalue weighted by molar-refractivity contribution is -0.260. The lowest BCUT2D eigenvalue weighted by Gasteiger charge is -2.37. The fourth-order valence-electron chi connectivity index (χ4n) is 4.28. The third-order valence-corrected chi connectivity index (χ3v) is 6.04. The molecule has 3 atom stereocenters. The maximum atomic E-state index is 11.3. The summed E-state index contributed by atoms with van der Waals surface area (Å²) in [7, 11) is 3.10. The zero-order chi connectivity index (χ0) is 21.9. The van der Waals surface area contributed by atoms with Crippen molar-refractivity contribution in [3.05, 3.63) is 42.0 Å². The monoisotopic (exact) mass is 432 g/mol. The number of methoxy groups -OCH3 is 2. The quantitative estimate of drug-likeness (QED) is 0.384. The van der Waals surface area contributed by atoms with Gasteiger partial charge in [-0.25, -0.2) is 0 Å². The number of benzene rings is 1. The minimum absolute atomic E-state index is 0.143. The number of rotatable bonds is 10. The van der Waals surface area contributed by atoms with Crippen LogP contribution < -0.4 is 4.74 Å². The molecular formula is C25H36O6. The second kappa shape index (κ2) is 12.8. The number of ether oxygens (including phenoxy) is 5. The molecule has 172 valence electrons. The Balaban J connectivity index is 1.61. The highest BCUT2D eigenvalue weighted by atomic mass is 16.7. The summed E-state index contributed by atoms with van der Waals surface area (Å²) in [5.74, 6) is 0.777. The van der Waals surface area contributed by atoms with Crippen LogP contribution in [0.25, 0.3) is 0 Å². The molecule has 1 aromatic rings. The summed E-state index contributed by atoms with van der Waals surface area (Å²) < 4.78 is 28.8. The Morgan fingerprint density at radius 1 is 1.13 bits per heavy atom. The van der Waals surface area contributed by atoms with Gasteiger partial charge in [0.05, 0.1) is 39.6 Å². The maximum Gasteiger partial charge on any atom is 0.305 e. The van der Waals surface area contributed by atoms with E-state index in [1.807, 2.05) is 24.3 Å². The van der Waals surface area contributed by atoms with Gasteiger partial charge in [0.2, 0.25) is 0 Å². The molecule has 1 aliphatic heterocycles. The average Bonchev–Trinajstić information content (AvgIpc) is 2.83. The molecule has 0 N–H and O–H groups in total. The first kappa shape index (κ1) is 23.8. The molecule has 0 aromatic heterocycles. The van der Waals surface area contributed by atoms with Gasteiger partial charge in [-0.2, -0.15) is 0 Å². The van der Waals surface area contributed by atoms with Crippen molar-refractivity contribution in [1.29, 1.82) is 0 Å². The summed E-state index contributed by atoms with van der Waals surface area (Å²) in [6.45, 7) is 1.04. The van der Waals surface area contributed by atoms with Gasteiger partial charge in [0.25, 0.3) is 0 Å². The maximum absolute atomic E-state index is 11.3. The molecule has 2 fully saturated rings. The Labute approximate surface area is 185 Å². The standard InChI is InChI=1S/C25H36O6/c1-27-22-15-10-9-14-21(22)25-19(11-5-3-8-16-23(26)28-2)17-30-24(31-25)18-29-20-12-6-4-7-13-20/h3,5,9-10,14-15,19-20,24-25H,4,6-8,11-13,16-18H2,1-2H3/b5-3-. The summed E-state index contributed by atoms with van der Waals surface area (Å²) in [6, 6.07) is 7.99. The van der Waals surface area contributed by atoms with Gasteiger partial charge >= 0.3 is 5.97 Å². The van der Waals surface area contributed by atoms with Crippen LogP contribution in [0.3, 0.4) is 0 Å². The molecule has 0 bridgehead atoms. The Hall–Kier alpha value is -1.89. The third-order valence-electron chi connectivity index (χ3n) is 6.04. The number of carbonyl (C=O) groups excluding carboxylic acids is 1. The predicted molar refractivity (Wildman–Crippen MR) is 118 cm³/mol. The molecule has 1 aromatic carbocycles. The minimum Gasteiger partial charge on any atom is -0.496 e. The smallest absolute Gasteiger partial charge is 0.305 e. The number of hydrogen-bond acceptors (Lipinski definition) is 6. The highest BCUT2D eigenvalue weighted by Crippen LogP contribution is 2.39. The predicted octanol–water partition coefficient (Wildman–Crippen LogP) is 4.97. The van der Waals surface area contributed by atoms with Crippen LogP contribution in [0, 0.1) is 5.92 Å². The van der Waals surface area contributed by atoms with E-state index in [4.69, 9.17) is 18.9 Å². The SMILES string of the molecule is COC(=O)CC/C=C\CC1COC(COC2CCCCC2)OC1c1ccccc1OC. The molecule has 1 saturated heterocycles. The first-order valence-corrected chi connectivity index (χ1v) is 11.4. The van der Waals surface area contributed by atoms with Crippen LogP contribution in [0.1, 0.15) is 63.0 Å². The summed E-state index contributed by atoms with van der Waals surface area (Å²) >= 11 is 0. The van der Waals surface area contributed by atoms with E-state index in [9.17, 15) is 4.79 Å². The van der Waals surface area contributed by atoms with Crippen molar-refractivity contribution in [3.8, 4) is 5.75 Å². The van der Waals surface area contributed by atoms with Gasteiger partial charge in [-0.3, -0.25) is 4.79 Å². The van der Waals surface area contributed by atoms with Crippen molar-refractivity contribution in [3.63, 3.8) is 0 Å². The fourth-order valence-corrected chi connectivity index (χ4v) is 4.28. The number of carbonyl (C=O) groups is 1. The van der Waals surface area contributed by atoms with E-state index in [1.54, 1.807) is 7.11 Å². The Kier molecular flexibility index (Phi) is 9.85. The molecule has 31 heavy (non-hydrogen) atoms. The zero-order valence-electron chi connectivity index (χ0n) is 18.8. The van der Waals surface area contributed by atoms with E-state index < -0.39 is 0 Å². The van der Waals surface area contributed by atoms with Gasteiger partial charge in [-0.15, -0.1) is 0 Å². The van der Waals surface area contributed by atoms with Crippen molar-refractivity contribution in [2.24, 2.45) is 5.92 Å². The first-order chi connectivity index (χ1) is 15.2. The van der Waals surface area contributed by atoms with Crippen LogP contribution in [0.5, 0.6) is 5.75 Å². The fraction of sp³-hybridized carbons (Fsp3) is 0.640. The summed E-state index contributed by atoms with van der Waals surface area (Å²) in [5.41, 5.74) is 1.03. The zero-order valence-corrected chi connectivity index (χ0v) is 18.8. The highest BCUT2D eigenvalue weighted by molar-refractivity contribution is 5.69. The first-order valence-electron chi connectivity index (χ1n) is 11.4. The molecule has 3 rings (SSSR count). The second-order valence-corrected chi connectivity index (χ2v) is 8.24. The van der Waals surface area contributed by atoms with Gasteiger partial charge in [0, 0.05) is 17.9 Å². The Morgan fingerprint density at radius 3 is 2.71 bits per heavy atom. The second-order valence-electron chi connectivity index (χ2n) is 8.24. The average molecular weight is 433 g/mol. The van der Waals surface area contributed by atoms with Gasteiger partial charge in [0.1, 0.15) is 5.75 Å². The largest absolute Gasteiger partial charge is 0.496 e. The molecule has 1 aliphatic carbocycles. The number of para-hydroxylation sites is 1. The highest BCUT2D eigenvalue weighted by Gasteiger charge is 2.34. The lowest BCUT2D eigenvalue weighted by atomic mass is 9.91. The van der Waals surface area contributed by atoms with Crippen LogP contribution in [0.15, 0.2) is 36.4 Å². The van der Waals surface area contributed by atoms with E-state index in [0.717, 1.165) is 30.6 Å². The van der Waals surface area contributed by atoms with Gasteiger partial charge in [0.15, 0.2) is 6.29 Å². The number of hydrogen-bond donors (Lipinski definition) is 0. The van der Waals surface area contributed by atoms with Gasteiger partial charge in [-0.05, 0) is 31.7 Å². The number of allylic oxidation sites excluding steroid dienone is 2. The molecule has 0 spiro atoms. The van der Waals surface area contributed by atoms with Crippen LogP contribution in [-0.2, 0) is 23.7 Å². The molecule has 6 heteroatoms. The third kappa shape index (κ3) is 7.34. The van der Waals surface area contributed by atoms with Crippen molar-refractivity contribution >= 4 is 5.97 Å². The van der Waals surface area contributed by atoms with Crippen molar-refractivity contribution in [2.75, 3.05) is 27.4 Å².